The quantitative estimate of drug-likeness (QED) is 0.546. The lowest BCUT2D eigenvalue weighted by Crippen LogP contribution is -2.24. The molecular weight excluding hydrogens is 418 g/mol. The molecule has 3 aromatic heterocycles. The number of aromatic nitrogens is 5. The van der Waals surface area contributed by atoms with Gasteiger partial charge in [-0.3, -0.25) is 14.7 Å². The Labute approximate surface area is 192 Å². The van der Waals surface area contributed by atoms with Crippen molar-refractivity contribution in [2.24, 2.45) is 0 Å². The molecule has 2 N–H and O–H groups in total. The zero-order valence-corrected chi connectivity index (χ0v) is 19.2. The molecule has 1 aliphatic heterocycles. The number of hydrogen-bond acceptors (Lipinski definition) is 7. The molecule has 1 amide bonds. The van der Waals surface area contributed by atoms with Crippen LogP contribution in [0, 0.1) is 0 Å². The number of aliphatic hydroxyl groups excluding tert-OH is 1. The van der Waals surface area contributed by atoms with Crippen LogP contribution in [-0.2, 0) is 18.5 Å². The number of pyridine rings is 2. The van der Waals surface area contributed by atoms with Crippen molar-refractivity contribution < 1.29 is 9.90 Å². The second-order valence-corrected chi connectivity index (χ2v) is 9.15. The van der Waals surface area contributed by atoms with Crippen LogP contribution >= 0.6 is 0 Å². The van der Waals surface area contributed by atoms with Gasteiger partial charge in [-0.2, -0.15) is 0 Å². The molecule has 0 aromatic carbocycles. The third kappa shape index (κ3) is 3.71. The number of carbonyl (C=O) groups excluding carboxylic acids is 1. The minimum atomic E-state index is -0.129. The third-order valence-corrected chi connectivity index (χ3v) is 6.85. The molecular formula is C24H29N7O2. The fraction of sp³-hybridized carbons (Fsp3) is 0.458. The van der Waals surface area contributed by atoms with E-state index in [0.29, 0.717) is 30.4 Å². The summed E-state index contributed by atoms with van der Waals surface area (Å²) >= 11 is 0. The van der Waals surface area contributed by atoms with Gasteiger partial charge in [0, 0.05) is 28.8 Å². The molecule has 1 saturated carbocycles. The van der Waals surface area contributed by atoms with Gasteiger partial charge in [0.1, 0.15) is 17.8 Å². The van der Waals surface area contributed by atoms with Gasteiger partial charge in [-0.15, -0.1) is 10.2 Å². The van der Waals surface area contributed by atoms with Crippen molar-refractivity contribution in [1.82, 2.24) is 30.0 Å². The number of nitrogens with zero attached hydrogens (tertiary/aromatic N) is 6. The summed E-state index contributed by atoms with van der Waals surface area (Å²) in [6, 6.07) is 7.41. The molecule has 0 unspecified atom stereocenters. The summed E-state index contributed by atoms with van der Waals surface area (Å²) < 4.78 is 1.84. The van der Waals surface area contributed by atoms with E-state index in [0.717, 1.165) is 41.8 Å². The number of aliphatic hydroxyl groups is 1. The van der Waals surface area contributed by atoms with E-state index in [1.807, 2.05) is 42.8 Å². The molecule has 0 spiro atoms. The van der Waals surface area contributed by atoms with Crippen LogP contribution in [0.25, 0.3) is 11.5 Å². The van der Waals surface area contributed by atoms with E-state index in [2.05, 4.69) is 22.4 Å². The average molecular weight is 448 g/mol. The van der Waals surface area contributed by atoms with Crippen LogP contribution < -0.4 is 10.2 Å². The summed E-state index contributed by atoms with van der Waals surface area (Å²) in [4.78, 5) is 24.9. The van der Waals surface area contributed by atoms with Crippen molar-refractivity contribution in [2.45, 2.75) is 57.7 Å². The van der Waals surface area contributed by atoms with Crippen LogP contribution in [0.4, 0.5) is 5.82 Å². The number of rotatable bonds is 8. The molecule has 0 radical (unpaired) electrons. The Morgan fingerprint density at radius 2 is 2.09 bits per heavy atom. The number of fused-ring (bicyclic) bond motifs is 1. The van der Waals surface area contributed by atoms with Crippen LogP contribution in [0.1, 0.15) is 66.5 Å². The first-order valence-corrected chi connectivity index (χ1v) is 11.5. The van der Waals surface area contributed by atoms with Gasteiger partial charge in [-0.1, -0.05) is 19.9 Å². The van der Waals surface area contributed by atoms with Crippen molar-refractivity contribution >= 4 is 11.7 Å². The second kappa shape index (κ2) is 8.31. The van der Waals surface area contributed by atoms with Gasteiger partial charge >= 0.3 is 0 Å². The Morgan fingerprint density at radius 1 is 1.27 bits per heavy atom. The van der Waals surface area contributed by atoms with Crippen LogP contribution in [0.5, 0.6) is 0 Å². The Balaban J connectivity index is 1.51. The fourth-order valence-corrected chi connectivity index (χ4v) is 4.42. The van der Waals surface area contributed by atoms with E-state index in [9.17, 15) is 9.90 Å². The van der Waals surface area contributed by atoms with Crippen molar-refractivity contribution in [3.05, 3.63) is 53.1 Å². The summed E-state index contributed by atoms with van der Waals surface area (Å²) in [5.41, 5.74) is 4.31. The smallest absolute Gasteiger partial charge is 0.260 e. The lowest BCUT2D eigenvalue weighted by molar-refractivity contribution is 0.0995. The minimum Gasteiger partial charge on any atom is -0.394 e. The summed E-state index contributed by atoms with van der Waals surface area (Å²) in [7, 11) is 1.89. The van der Waals surface area contributed by atoms with Gasteiger partial charge in [0.25, 0.3) is 5.91 Å². The highest BCUT2D eigenvalue weighted by Gasteiger charge is 2.43. The van der Waals surface area contributed by atoms with E-state index in [1.165, 1.54) is 0 Å². The molecule has 4 heterocycles. The zero-order chi connectivity index (χ0) is 23.2. The molecule has 0 saturated heterocycles. The highest BCUT2D eigenvalue weighted by molar-refractivity contribution is 6.09. The molecule has 1 fully saturated rings. The van der Waals surface area contributed by atoms with E-state index in [-0.39, 0.29) is 24.0 Å². The molecule has 5 rings (SSSR count). The molecule has 2 aliphatic rings. The number of amides is 1. The van der Waals surface area contributed by atoms with Gasteiger partial charge < -0.3 is 15.0 Å². The fourth-order valence-electron chi connectivity index (χ4n) is 4.42. The summed E-state index contributed by atoms with van der Waals surface area (Å²) in [5, 5.41) is 21.2. The normalized spacial score (nSPS) is 17.3. The maximum Gasteiger partial charge on any atom is 0.260 e. The standard InChI is InChI=1S/C24H29N7O2/c1-4-15(13-32)31-14-26-29-22(31)18-6-5-7-21(28-18)30-12-17-16(23(30)33)10-20(24(2)8-9-24)27-19(17)11-25-3/h5-7,10,14-15,25,32H,4,8-9,11-13H2,1-3H3/t15-/m0/s1. The summed E-state index contributed by atoms with van der Waals surface area (Å²) in [5.74, 6) is 1.08. The van der Waals surface area contributed by atoms with Crippen molar-refractivity contribution in [3.63, 3.8) is 0 Å². The zero-order valence-electron chi connectivity index (χ0n) is 19.2. The van der Waals surface area contributed by atoms with E-state index in [4.69, 9.17) is 9.97 Å². The lowest BCUT2D eigenvalue weighted by atomic mass is 9.99. The van der Waals surface area contributed by atoms with Crippen molar-refractivity contribution in [2.75, 3.05) is 18.6 Å². The van der Waals surface area contributed by atoms with Gasteiger partial charge in [0.15, 0.2) is 5.82 Å². The van der Waals surface area contributed by atoms with Crippen LogP contribution in [0.3, 0.4) is 0 Å². The van der Waals surface area contributed by atoms with Crippen molar-refractivity contribution in [3.8, 4) is 11.5 Å². The number of hydrogen-bond donors (Lipinski definition) is 2. The third-order valence-electron chi connectivity index (χ3n) is 6.85. The van der Waals surface area contributed by atoms with Crippen LogP contribution in [-0.4, -0.2) is 49.4 Å². The summed E-state index contributed by atoms with van der Waals surface area (Å²) in [6.07, 6.45) is 4.56. The number of nitrogens with one attached hydrogen (secondary N) is 1. The lowest BCUT2D eigenvalue weighted by Gasteiger charge is -2.17. The monoisotopic (exact) mass is 447 g/mol. The summed E-state index contributed by atoms with van der Waals surface area (Å²) in [6.45, 7) is 5.25. The second-order valence-electron chi connectivity index (χ2n) is 9.15. The first-order chi connectivity index (χ1) is 16.0. The molecule has 9 heteroatoms. The van der Waals surface area contributed by atoms with E-state index < -0.39 is 0 Å². The number of carbonyl (C=O) groups is 1. The molecule has 33 heavy (non-hydrogen) atoms. The Hall–Kier alpha value is -3.17. The first-order valence-electron chi connectivity index (χ1n) is 11.5. The molecule has 172 valence electrons. The van der Waals surface area contributed by atoms with Crippen LogP contribution in [0.2, 0.25) is 0 Å². The Bertz CT molecular complexity index is 1200. The predicted octanol–water partition coefficient (Wildman–Crippen LogP) is 2.61. The van der Waals surface area contributed by atoms with E-state index >= 15 is 0 Å². The first kappa shape index (κ1) is 21.7. The van der Waals surface area contributed by atoms with E-state index in [1.54, 1.807) is 11.2 Å². The maximum absolute atomic E-state index is 13.5. The SMILES string of the molecule is CC[C@@H](CO)n1cnnc1-c1cccc(N2Cc3c(cc(C4(C)CC4)nc3CNC)C2=O)n1. The molecule has 9 nitrogen and oxygen atoms in total. The maximum atomic E-state index is 13.5. The number of anilines is 1. The highest BCUT2D eigenvalue weighted by Crippen LogP contribution is 2.47. The molecule has 1 aliphatic carbocycles. The molecule has 1 atom stereocenters. The largest absolute Gasteiger partial charge is 0.394 e. The van der Waals surface area contributed by atoms with Gasteiger partial charge in [0.05, 0.1) is 24.9 Å². The van der Waals surface area contributed by atoms with Crippen molar-refractivity contribution in [1.29, 1.82) is 0 Å². The average Bonchev–Trinajstić information content (AvgIpc) is 3.25. The van der Waals surface area contributed by atoms with Gasteiger partial charge in [-0.25, -0.2) is 4.98 Å². The molecule has 3 aromatic rings. The van der Waals surface area contributed by atoms with Crippen LogP contribution in [0.15, 0.2) is 30.6 Å². The molecule has 0 bridgehead atoms. The Kier molecular flexibility index (Phi) is 5.46. The van der Waals surface area contributed by atoms with Gasteiger partial charge in [0.2, 0.25) is 0 Å². The Morgan fingerprint density at radius 3 is 2.79 bits per heavy atom. The minimum absolute atomic E-state index is 0.0103. The van der Waals surface area contributed by atoms with Gasteiger partial charge in [-0.05, 0) is 44.5 Å². The highest BCUT2D eigenvalue weighted by atomic mass is 16.3. The topological polar surface area (TPSA) is 109 Å². The predicted molar refractivity (Wildman–Crippen MR) is 124 cm³/mol.